The number of hydrogen-bond acceptors (Lipinski definition) is 4. The number of nitrogens with one attached hydrogen (secondary N) is 1. The van der Waals surface area contributed by atoms with Crippen LogP contribution in [0.1, 0.15) is 23.7 Å². The van der Waals surface area contributed by atoms with Crippen molar-refractivity contribution >= 4 is 17.7 Å². The summed E-state index contributed by atoms with van der Waals surface area (Å²) in [6, 6.07) is 5.93. The lowest BCUT2D eigenvalue weighted by Crippen LogP contribution is -2.35. The van der Waals surface area contributed by atoms with Gasteiger partial charge in [-0.05, 0) is 19.1 Å². The highest BCUT2D eigenvalue weighted by molar-refractivity contribution is 5.94. The van der Waals surface area contributed by atoms with Gasteiger partial charge in [-0.1, -0.05) is 0 Å². The summed E-state index contributed by atoms with van der Waals surface area (Å²) in [6.45, 7) is 2.62. The van der Waals surface area contributed by atoms with Crippen LogP contribution in [0.25, 0.3) is 0 Å². The first-order valence-corrected chi connectivity index (χ1v) is 6.37. The third-order valence-electron chi connectivity index (χ3n) is 2.85. The molecular weight excluding hydrogens is 274 g/mol. The summed E-state index contributed by atoms with van der Waals surface area (Å²) in [4.78, 5) is 24.5. The van der Waals surface area contributed by atoms with Crippen LogP contribution >= 0.6 is 0 Å². The molecule has 1 rings (SSSR count). The van der Waals surface area contributed by atoms with Gasteiger partial charge in [-0.3, -0.25) is 0 Å². The van der Waals surface area contributed by atoms with E-state index in [4.69, 9.17) is 15.1 Å². The van der Waals surface area contributed by atoms with Gasteiger partial charge in [0.25, 0.3) is 0 Å². The van der Waals surface area contributed by atoms with Crippen LogP contribution < -0.4 is 10.1 Å². The molecule has 0 aliphatic carbocycles. The van der Waals surface area contributed by atoms with Crippen LogP contribution in [0.5, 0.6) is 5.75 Å². The number of urea groups is 1. The molecule has 21 heavy (non-hydrogen) atoms. The van der Waals surface area contributed by atoms with Crippen LogP contribution in [-0.2, 0) is 0 Å². The van der Waals surface area contributed by atoms with E-state index in [0.717, 1.165) is 0 Å². The minimum atomic E-state index is -1.10. The zero-order valence-corrected chi connectivity index (χ0v) is 11.9. The summed E-state index contributed by atoms with van der Waals surface area (Å²) >= 11 is 0. The van der Waals surface area contributed by atoms with Crippen molar-refractivity contribution in [2.45, 2.75) is 13.3 Å². The second kappa shape index (κ2) is 7.75. The first-order chi connectivity index (χ1) is 10.0. The largest absolute Gasteiger partial charge is 0.496 e. The Bertz CT molecular complexity index is 566. The standard InChI is InChI=1S/C14H17N3O4/c1-3-17(8-4-7-15)14(20)16-10-5-6-11(13(18)19)12(9-10)21-2/h5-6,9H,3-4,8H2,1-2H3,(H,16,20)(H,18,19). The van der Waals surface area contributed by atoms with E-state index >= 15 is 0 Å². The SMILES string of the molecule is CCN(CCC#N)C(=O)Nc1ccc(C(=O)O)c(OC)c1. The summed E-state index contributed by atoms with van der Waals surface area (Å²) < 4.78 is 4.99. The number of carbonyl (C=O) groups is 2. The molecular formula is C14H17N3O4. The van der Waals surface area contributed by atoms with E-state index in [-0.39, 0.29) is 23.8 Å². The monoisotopic (exact) mass is 291 g/mol. The molecule has 112 valence electrons. The Kier molecular flexibility index (Phi) is 6.01. The van der Waals surface area contributed by atoms with Gasteiger partial charge in [0.2, 0.25) is 0 Å². The van der Waals surface area contributed by atoms with Crippen molar-refractivity contribution in [2.75, 3.05) is 25.5 Å². The lowest BCUT2D eigenvalue weighted by atomic mass is 10.2. The third-order valence-corrected chi connectivity index (χ3v) is 2.85. The normalized spacial score (nSPS) is 9.57. The molecule has 0 aliphatic heterocycles. The predicted molar refractivity (Wildman–Crippen MR) is 76.4 cm³/mol. The Morgan fingerprint density at radius 3 is 2.71 bits per heavy atom. The van der Waals surface area contributed by atoms with Gasteiger partial charge in [-0.25, -0.2) is 9.59 Å². The second-order valence-electron chi connectivity index (χ2n) is 4.14. The summed E-state index contributed by atoms with van der Waals surface area (Å²) in [5, 5.41) is 20.2. The second-order valence-corrected chi connectivity index (χ2v) is 4.14. The van der Waals surface area contributed by atoms with Crippen molar-refractivity contribution in [1.29, 1.82) is 5.26 Å². The minimum absolute atomic E-state index is 0.0207. The van der Waals surface area contributed by atoms with Crippen molar-refractivity contribution in [3.63, 3.8) is 0 Å². The number of carboxylic acid groups (broad SMARTS) is 1. The number of carboxylic acids is 1. The maximum absolute atomic E-state index is 12.0. The first kappa shape index (κ1) is 16.3. The average molecular weight is 291 g/mol. The number of anilines is 1. The number of benzene rings is 1. The number of aromatic carboxylic acids is 1. The van der Waals surface area contributed by atoms with Crippen LogP contribution in [0.15, 0.2) is 18.2 Å². The highest BCUT2D eigenvalue weighted by Gasteiger charge is 2.14. The van der Waals surface area contributed by atoms with Crippen LogP contribution in [0.2, 0.25) is 0 Å². The third kappa shape index (κ3) is 4.38. The van der Waals surface area contributed by atoms with E-state index in [1.165, 1.54) is 30.2 Å². The van der Waals surface area contributed by atoms with Gasteiger partial charge >= 0.3 is 12.0 Å². The number of nitriles is 1. The molecule has 0 unspecified atom stereocenters. The van der Waals surface area contributed by atoms with Gasteiger partial charge in [0.15, 0.2) is 0 Å². The van der Waals surface area contributed by atoms with E-state index in [0.29, 0.717) is 18.8 Å². The molecule has 0 bridgehead atoms. The van der Waals surface area contributed by atoms with Crippen molar-refractivity contribution in [1.82, 2.24) is 4.90 Å². The quantitative estimate of drug-likeness (QED) is 0.836. The maximum atomic E-state index is 12.0. The summed E-state index contributed by atoms with van der Waals surface area (Å²) in [5.74, 6) is -0.936. The molecule has 1 aromatic rings. The van der Waals surface area contributed by atoms with E-state index in [1.807, 2.05) is 13.0 Å². The topological polar surface area (TPSA) is 103 Å². The van der Waals surface area contributed by atoms with E-state index in [1.54, 1.807) is 0 Å². The van der Waals surface area contributed by atoms with E-state index < -0.39 is 5.97 Å². The minimum Gasteiger partial charge on any atom is -0.496 e. The Hall–Kier alpha value is -2.75. The number of rotatable bonds is 6. The molecule has 0 spiro atoms. The van der Waals surface area contributed by atoms with Gasteiger partial charge in [-0.15, -0.1) is 0 Å². The average Bonchev–Trinajstić information content (AvgIpc) is 2.47. The van der Waals surface area contributed by atoms with Gasteiger partial charge in [0, 0.05) is 24.8 Å². The molecule has 0 saturated heterocycles. The number of amides is 2. The molecule has 0 radical (unpaired) electrons. The van der Waals surface area contributed by atoms with Gasteiger partial charge < -0.3 is 20.1 Å². The maximum Gasteiger partial charge on any atom is 0.339 e. The van der Waals surface area contributed by atoms with E-state index in [9.17, 15) is 9.59 Å². The van der Waals surface area contributed by atoms with Crippen molar-refractivity contribution in [3.8, 4) is 11.8 Å². The summed E-state index contributed by atoms with van der Waals surface area (Å²) in [7, 11) is 1.36. The highest BCUT2D eigenvalue weighted by atomic mass is 16.5. The van der Waals surface area contributed by atoms with Crippen molar-refractivity contribution in [3.05, 3.63) is 23.8 Å². The molecule has 0 aliphatic rings. The number of methoxy groups -OCH3 is 1. The summed E-state index contributed by atoms with van der Waals surface area (Å²) in [5.41, 5.74) is 0.449. The molecule has 0 aromatic heterocycles. The lowest BCUT2D eigenvalue weighted by Gasteiger charge is -2.20. The number of hydrogen-bond donors (Lipinski definition) is 2. The molecule has 0 atom stereocenters. The van der Waals surface area contributed by atoms with Crippen LogP contribution in [0, 0.1) is 11.3 Å². The van der Waals surface area contributed by atoms with Crippen LogP contribution in [0.3, 0.4) is 0 Å². The van der Waals surface area contributed by atoms with Gasteiger partial charge in [0.1, 0.15) is 11.3 Å². The molecule has 2 N–H and O–H groups in total. The van der Waals surface area contributed by atoms with Crippen LogP contribution in [-0.4, -0.2) is 42.2 Å². The molecule has 1 aromatic carbocycles. The lowest BCUT2D eigenvalue weighted by molar-refractivity contribution is 0.0693. The molecule has 7 nitrogen and oxygen atoms in total. The fraction of sp³-hybridized carbons (Fsp3) is 0.357. The van der Waals surface area contributed by atoms with Crippen molar-refractivity contribution < 1.29 is 19.4 Å². The number of ether oxygens (including phenoxy) is 1. The molecule has 0 fully saturated rings. The summed E-state index contributed by atoms with van der Waals surface area (Å²) in [6.07, 6.45) is 0.253. The van der Waals surface area contributed by atoms with Gasteiger partial charge in [-0.2, -0.15) is 5.26 Å². The Balaban J connectivity index is 2.85. The molecule has 7 heteroatoms. The number of carbonyl (C=O) groups excluding carboxylic acids is 1. The Morgan fingerprint density at radius 1 is 1.48 bits per heavy atom. The fourth-order valence-electron chi connectivity index (χ4n) is 1.74. The fourth-order valence-corrected chi connectivity index (χ4v) is 1.74. The molecule has 2 amide bonds. The first-order valence-electron chi connectivity index (χ1n) is 6.37. The van der Waals surface area contributed by atoms with E-state index in [2.05, 4.69) is 5.32 Å². The number of nitrogens with zero attached hydrogens (tertiary/aromatic N) is 2. The van der Waals surface area contributed by atoms with Crippen molar-refractivity contribution in [2.24, 2.45) is 0 Å². The zero-order chi connectivity index (χ0) is 15.8. The predicted octanol–water partition coefficient (Wildman–Crippen LogP) is 2.16. The van der Waals surface area contributed by atoms with Crippen LogP contribution in [0.4, 0.5) is 10.5 Å². The highest BCUT2D eigenvalue weighted by Crippen LogP contribution is 2.23. The van der Waals surface area contributed by atoms with Gasteiger partial charge in [0.05, 0.1) is 19.6 Å². The molecule has 0 heterocycles. The Labute approximate surface area is 122 Å². The Morgan fingerprint density at radius 2 is 2.19 bits per heavy atom. The smallest absolute Gasteiger partial charge is 0.339 e. The zero-order valence-electron chi connectivity index (χ0n) is 11.9. The molecule has 0 saturated carbocycles.